The van der Waals surface area contributed by atoms with Crippen LogP contribution in [0.25, 0.3) is 0 Å². The second-order valence-corrected chi connectivity index (χ2v) is 10.8. The first-order valence-electron chi connectivity index (χ1n) is 9.43. The highest BCUT2D eigenvalue weighted by molar-refractivity contribution is 6.35. The highest BCUT2D eigenvalue weighted by Crippen LogP contribution is 2.33. The van der Waals surface area contributed by atoms with Gasteiger partial charge < -0.3 is 4.74 Å². The Balaban J connectivity index is 0.000000581. The first kappa shape index (κ1) is 29.9. The van der Waals surface area contributed by atoms with Gasteiger partial charge in [-0.3, -0.25) is 0 Å². The van der Waals surface area contributed by atoms with Crippen molar-refractivity contribution in [3.05, 3.63) is 62.6 Å². The number of alkyl halides is 3. The molecule has 7 heteroatoms. The minimum Gasteiger partial charge on any atom is -0.405 e. The van der Waals surface area contributed by atoms with E-state index < -0.39 is 6.36 Å². The maximum absolute atomic E-state index is 12.2. The van der Waals surface area contributed by atoms with Gasteiger partial charge in [0.15, 0.2) is 0 Å². The zero-order valence-electron chi connectivity index (χ0n) is 18.1. The summed E-state index contributed by atoms with van der Waals surface area (Å²) < 4.78 is 40.6. The van der Waals surface area contributed by atoms with Crippen LogP contribution in [0, 0.1) is 10.8 Å². The molecule has 1 nitrogen and oxygen atoms in total. The van der Waals surface area contributed by atoms with Gasteiger partial charge >= 0.3 is 6.36 Å². The summed E-state index contributed by atoms with van der Waals surface area (Å²) in [5, 5.41) is 1.69. The lowest BCUT2D eigenvalue weighted by Gasteiger charge is -2.21. The highest BCUT2D eigenvalue weighted by atomic mass is 35.5. The zero-order chi connectivity index (χ0) is 23.3. The molecule has 0 saturated carbocycles. The van der Waals surface area contributed by atoms with E-state index in [2.05, 4.69) is 25.5 Å². The fraction of sp³-hybridized carbons (Fsp3) is 0.500. The average molecular weight is 500 g/mol. The Kier molecular flexibility index (Phi) is 11.3. The average Bonchev–Trinajstić information content (AvgIpc) is 2.50. The quantitative estimate of drug-likeness (QED) is 0.408. The molecule has 0 spiro atoms. The van der Waals surface area contributed by atoms with Crippen molar-refractivity contribution in [2.75, 3.05) is 0 Å². The number of halogens is 6. The summed E-state index contributed by atoms with van der Waals surface area (Å²) in [6, 6.07) is 9.99. The van der Waals surface area contributed by atoms with Crippen LogP contribution < -0.4 is 4.74 Å². The Morgan fingerprint density at radius 1 is 0.710 bits per heavy atom. The predicted molar refractivity (Wildman–Crippen MR) is 128 cm³/mol. The van der Waals surface area contributed by atoms with Gasteiger partial charge in [-0.05, 0) is 59.1 Å². The molecule has 0 radical (unpaired) electrons. The van der Waals surface area contributed by atoms with E-state index >= 15 is 0 Å². The molecule has 0 atom stereocenters. The number of benzene rings is 2. The summed E-state index contributed by atoms with van der Waals surface area (Å²) in [4.78, 5) is 0. The lowest BCUT2D eigenvalue weighted by molar-refractivity contribution is -0.275. The van der Waals surface area contributed by atoms with E-state index in [1.165, 1.54) is 11.6 Å². The Labute approximate surface area is 199 Å². The third-order valence-electron chi connectivity index (χ3n) is 3.71. The van der Waals surface area contributed by atoms with E-state index in [1.807, 2.05) is 32.9 Å². The van der Waals surface area contributed by atoms with E-state index in [0.29, 0.717) is 17.0 Å². The van der Waals surface area contributed by atoms with Gasteiger partial charge in [-0.2, -0.15) is 0 Å². The molecule has 0 N–H and O–H groups in total. The lowest BCUT2D eigenvalue weighted by Crippen LogP contribution is -2.19. The van der Waals surface area contributed by atoms with Crippen LogP contribution in [0.3, 0.4) is 0 Å². The third-order valence-corrected chi connectivity index (χ3v) is 4.53. The highest BCUT2D eigenvalue weighted by Gasteiger charge is 2.32. The molecule has 2 aromatic rings. The zero-order valence-corrected chi connectivity index (χ0v) is 20.3. The van der Waals surface area contributed by atoms with Crippen molar-refractivity contribution in [3.8, 4) is 5.75 Å². The van der Waals surface area contributed by atoms with Gasteiger partial charge in [-0.15, -0.1) is 13.2 Å². The fourth-order valence-corrected chi connectivity index (χ4v) is 3.34. The van der Waals surface area contributed by atoms with Crippen molar-refractivity contribution in [2.45, 2.75) is 68.2 Å². The van der Waals surface area contributed by atoms with Crippen LogP contribution in [0.5, 0.6) is 5.75 Å². The van der Waals surface area contributed by atoms with Gasteiger partial charge in [0.05, 0.1) is 0 Å². The maximum atomic E-state index is 12.2. The second-order valence-electron chi connectivity index (χ2n) is 9.51. The Hall–Kier alpha value is -1.10. The van der Waals surface area contributed by atoms with E-state index in [4.69, 9.17) is 34.8 Å². The molecule has 176 valence electrons. The molecule has 0 unspecified atom stereocenters. The maximum Gasteiger partial charge on any atom is 0.573 e. The van der Waals surface area contributed by atoms with Crippen molar-refractivity contribution in [3.63, 3.8) is 0 Å². The van der Waals surface area contributed by atoms with Crippen LogP contribution in [-0.4, -0.2) is 6.36 Å². The molecule has 0 heterocycles. The molecule has 2 rings (SSSR count). The van der Waals surface area contributed by atoms with Crippen molar-refractivity contribution >= 4 is 34.8 Å². The summed E-state index contributed by atoms with van der Waals surface area (Å²) in [5.74, 6) is -0.222. The monoisotopic (exact) mass is 498 g/mol. The SMILES string of the molecule is C.CC(C)(C)Cc1ccc(Cl)cc1Cl.CC(C)(C)Cc1ccc(Cl)cc1OC(F)(F)F. The molecular weight excluding hydrogens is 468 g/mol. The van der Waals surface area contributed by atoms with Gasteiger partial charge in [-0.1, -0.05) is 95.9 Å². The molecule has 2 aromatic carbocycles. The molecule has 0 fully saturated rings. The molecule has 0 amide bonds. The summed E-state index contributed by atoms with van der Waals surface area (Å²) in [5.41, 5.74) is 1.80. The van der Waals surface area contributed by atoms with E-state index in [-0.39, 0.29) is 29.0 Å². The molecule has 0 saturated heterocycles. The van der Waals surface area contributed by atoms with Crippen LogP contribution in [0.15, 0.2) is 36.4 Å². The van der Waals surface area contributed by atoms with Gasteiger partial charge in [0, 0.05) is 15.1 Å². The van der Waals surface area contributed by atoms with Crippen molar-refractivity contribution in [2.24, 2.45) is 10.8 Å². The molecule has 0 aliphatic rings. The second kappa shape index (κ2) is 11.7. The van der Waals surface area contributed by atoms with Gasteiger partial charge in [0.1, 0.15) is 5.75 Å². The van der Waals surface area contributed by atoms with Crippen LogP contribution in [0.2, 0.25) is 15.1 Å². The van der Waals surface area contributed by atoms with Crippen molar-refractivity contribution < 1.29 is 17.9 Å². The number of ether oxygens (including phenoxy) is 1. The van der Waals surface area contributed by atoms with E-state index in [9.17, 15) is 13.2 Å². The molecule has 0 aliphatic carbocycles. The summed E-state index contributed by atoms with van der Waals surface area (Å²) >= 11 is 17.5. The Bertz CT molecular complexity index is 835. The van der Waals surface area contributed by atoms with Gasteiger partial charge in [0.2, 0.25) is 0 Å². The minimum absolute atomic E-state index is 0. The summed E-state index contributed by atoms with van der Waals surface area (Å²) in [6.45, 7) is 12.4. The molecule has 0 bridgehead atoms. The number of rotatable bonds is 3. The Morgan fingerprint density at radius 3 is 1.55 bits per heavy atom. The summed E-state index contributed by atoms with van der Waals surface area (Å²) in [6.07, 6.45) is -3.24. The van der Waals surface area contributed by atoms with Crippen LogP contribution in [0.4, 0.5) is 13.2 Å². The first-order valence-corrected chi connectivity index (χ1v) is 10.6. The number of hydrogen-bond acceptors (Lipinski definition) is 1. The van der Waals surface area contributed by atoms with E-state index in [0.717, 1.165) is 11.4 Å². The van der Waals surface area contributed by atoms with Gasteiger partial charge in [-0.25, -0.2) is 0 Å². The van der Waals surface area contributed by atoms with Crippen molar-refractivity contribution in [1.29, 1.82) is 0 Å². The van der Waals surface area contributed by atoms with Crippen LogP contribution in [0.1, 0.15) is 60.1 Å². The van der Waals surface area contributed by atoms with Crippen LogP contribution >= 0.6 is 34.8 Å². The first-order chi connectivity index (χ1) is 13.5. The number of hydrogen-bond donors (Lipinski definition) is 0. The minimum atomic E-state index is -4.70. The van der Waals surface area contributed by atoms with E-state index in [1.54, 1.807) is 18.2 Å². The third kappa shape index (κ3) is 13.1. The van der Waals surface area contributed by atoms with Gasteiger partial charge in [0.25, 0.3) is 0 Å². The molecular formula is C24H32Cl3F3O. The standard InChI is InChI=1S/C12H14ClF3O.C11H14Cl2.CH4/c1-11(2,3)7-8-4-5-9(13)6-10(8)17-12(14,15)16;1-11(2,3)7-8-4-5-9(12)6-10(8)13;/h4-6H,7H2,1-3H3;4-6H,7H2,1-3H3;1H4. The van der Waals surface area contributed by atoms with Crippen LogP contribution in [-0.2, 0) is 12.8 Å². The topological polar surface area (TPSA) is 9.23 Å². The fourth-order valence-electron chi connectivity index (χ4n) is 2.70. The normalized spacial score (nSPS) is 11.9. The lowest BCUT2D eigenvalue weighted by atomic mass is 9.88. The molecule has 0 aliphatic heterocycles. The summed E-state index contributed by atoms with van der Waals surface area (Å²) in [7, 11) is 0. The largest absolute Gasteiger partial charge is 0.573 e. The smallest absolute Gasteiger partial charge is 0.405 e. The molecule has 0 aromatic heterocycles. The van der Waals surface area contributed by atoms with Crippen molar-refractivity contribution in [1.82, 2.24) is 0 Å². The molecule has 31 heavy (non-hydrogen) atoms. The Morgan fingerprint density at radius 2 is 1.13 bits per heavy atom. The predicted octanol–water partition coefficient (Wildman–Crippen LogP) is 10.0.